The highest BCUT2D eigenvalue weighted by molar-refractivity contribution is 5.62. The number of aliphatic hydroxyl groups is 1. The second-order valence-electron chi connectivity index (χ2n) is 3.20. The quantitative estimate of drug-likeness (QED) is 0.717. The fourth-order valence-electron chi connectivity index (χ4n) is 1.36. The maximum atomic E-state index is 9.17. The van der Waals surface area contributed by atoms with E-state index in [0.29, 0.717) is 28.6 Å². The number of nitrogens with zero attached hydrogens (tertiary/aromatic N) is 2. The third-order valence-electron chi connectivity index (χ3n) is 2.06. The number of hydrogen-bond donors (Lipinski definition) is 2. The highest BCUT2D eigenvalue weighted by Crippen LogP contribution is 2.24. The van der Waals surface area contributed by atoms with Crippen molar-refractivity contribution in [3.05, 3.63) is 29.7 Å². The van der Waals surface area contributed by atoms with E-state index in [4.69, 9.17) is 15.3 Å². The lowest BCUT2D eigenvalue weighted by Crippen LogP contribution is -1.93. The molecule has 1 heterocycles. The molecular weight excluding hydrogens is 194 g/mol. The first kappa shape index (κ1) is 9.67. The molecule has 1 aromatic carbocycles. The summed E-state index contributed by atoms with van der Waals surface area (Å²) in [6.07, 6.45) is 0. The fourth-order valence-corrected chi connectivity index (χ4v) is 1.36. The average molecular weight is 205 g/mol. The lowest BCUT2D eigenvalue weighted by atomic mass is 10.1. The van der Waals surface area contributed by atoms with Crippen molar-refractivity contribution >= 4 is 5.69 Å². The van der Waals surface area contributed by atoms with Crippen molar-refractivity contribution < 1.29 is 9.52 Å². The van der Waals surface area contributed by atoms with Gasteiger partial charge in [0.2, 0.25) is 11.8 Å². The van der Waals surface area contributed by atoms with Gasteiger partial charge in [0, 0.05) is 18.2 Å². The summed E-state index contributed by atoms with van der Waals surface area (Å²) >= 11 is 0. The van der Waals surface area contributed by atoms with E-state index in [1.807, 2.05) is 0 Å². The zero-order valence-electron chi connectivity index (χ0n) is 8.27. The predicted octanol–water partition coefficient (Wildman–Crippen LogP) is 1.12. The molecule has 0 aliphatic carbocycles. The van der Waals surface area contributed by atoms with Crippen LogP contribution in [-0.4, -0.2) is 15.3 Å². The first-order valence-electron chi connectivity index (χ1n) is 4.50. The summed E-state index contributed by atoms with van der Waals surface area (Å²) in [5.74, 6) is 0.891. The SMILES string of the molecule is Cc1nnc(-c2ccc(N)cc2CO)o1. The van der Waals surface area contributed by atoms with Gasteiger partial charge in [0.15, 0.2) is 0 Å². The number of anilines is 1. The van der Waals surface area contributed by atoms with Crippen molar-refractivity contribution in [3.63, 3.8) is 0 Å². The molecule has 0 aliphatic heterocycles. The Bertz CT molecular complexity index is 479. The summed E-state index contributed by atoms with van der Waals surface area (Å²) in [5, 5.41) is 16.8. The molecule has 15 heavy (non-hydrogen) atoms. The number of aliphatic hydroxyl groups excluding tert-OH is 1. The van der Waals surface area contributed by atoms with Crippen LogP contribution in [0, 0.1) is 6.92 Å². The summed E-state index contributed by atoms with van der Waals surface area (Å²) in [4.78, 5) is 0. The Hall–Kier alpha value is -1.88. The first-order valence-corrected chi connectivity index (χ1v) is 4.50. The Morgan fingerprint density at radius 1 is 1.40 bits per heavy atom. The summed E-state index contributed by atoms with van der Waals surface area (Å²) in [6, 6.07) is 5.18. The zero-order chi connectivity index (χ0) is 10.8. The minimum Gasteiger partial charge on any atom is -0.421 e. The van der Waals surface area contributed by atoms with Crippen LogP contribution in [0.25, 0.3) is 11.5 Å². The molecule has 5 heteroatoms. The molecule has 1 aromatic heterocycles. The fraction of sp³-hybridized carbons (Fsp3) is 0.200. The minimum absolute atomic E-state index is 0.109. The highest BCUT2D eigenvalue weighted by Gasteiger charge is 2.10. The monoisotopic (exact) mass is 205 g/mol. The largest absolute Gasteiger partial charge is 0.421 e. The molecule has 5 nitrogen and oxygen atoms in total. The number of aryl methyl sites for hydroxylation is 1. The smallest absolute Gasteiger partial charge is 0.248 e. The van der Waals surface area contributed by atoms with Crippen LogP contribution in [0.2, 0.25) is 0 Å². The van der Waals surface area contributed by atoms with Gasteiger partial charge in [0.25, 0.3) is 0 Å². The van der Waals surface area contributed by atoms with E-state index in [1.54, 1.807) is 25.1 Å². The summed E-state index contributed by atoms with van der Waals surface area (Å²) in [6.45, 7) is 1.61. The van der Waals surface area contributed by atoms with Crippen LogP contribution in [0.4, 0.5) is 5.69 Å². The van der Waals surface area contributed by atoms with Gasteiger partial charge in [-0.1, -0.05) is 0 Å². The maximum Gasteiger partial charge on any atom is 0.248 e. The van der Waals surface area contributed by atoms with E-state index in [0.717, 1.165) is 0 Å². The zero-order valence-corrected chi connectivity index (χ0v) is 8.27. The molecule has 0 radical (unpaired) electrons. The summed E-state index contributed by atoms with van der Waals surface area (Å²) < 4.78 is 5.28. The van der Waals surface area contributed by atoms with Crippen molar-refractivity contribution in [1.29, 1.82) is 0 Å². The van der Waals surface area contributed by atoms with E-state index < -0.39 is 0 Å². The van der Waals surface area contributed by atoms with Crippen LogP contribution in [-0.2, 0) is 6.61 Å². The summed E-state index contributed by atoms with van der Waals surface area (Å²) in [7, 11) is 0. The van der Waals surface area contributed by atoms with Gasteiger partial charge in [-0.05, 0) is 23.8 Å². The number of benzene rings is 1. The van der Waals surface area contributed by atoms with Crippen LogP contribution in [0.3, 0.4) is 0 Å². The van der Waals surface area contributed by atoms with Gasteiger partial charge in [-0.3, -0.25) is 0 Å². The Labute approximate surface area is 86.6 Å². The predicted molar refractivity (Wildman–Crippen MR) is 54.8 cm³/mol. The number of rotatable bonds is 2. The Morgan fingerprint density at radius 2 is 2.20 bits per heavy atom. The van der Waals surface area contributed by atoms with Gasteiger partial charge >= 0.3 is 0 Å². The molecule has 2 aromatic rings. The van der Waals surface area contributed by atoms with Crippen LogP contribution < -0.4 is 5.73 Å². The molecule has 0 bridgehead atoms. The van der Waals surface area contributed by atoms with Gasteiger partial charge in [-0.15, -0.1) is 10.2 Å². The number of hydrogen-bond acceptors (Lipinski definition) is 5. The number of nitrogen functional groups attached to an aromatic ring is 1. The standard InChI is InChI=1S/C10H11N3O2/c1-6-12-13-10(15-6)9-3-2-8(11)4-7(9)5-14/h2-4,14H,5,11H2,1H3. The molecular formula is C10H11N3O2. The third kappa shape index (κ3) is 1.82. The molecule has 0 amide bonds. The van der Waals surface area contributed by atoms with E-state index in [2.05, 4.69) is 10.2 Å². The highest BCUT2D eigenvalue weighted by atomic mass is 16.4. The van der Waals surface area contributed by atoms with Crippen LogP contribution in [0.5, 0.6) is 0 Å². The molecule has 3 N–H and O–H groups in total. The molecule has 0 saturated heterocycles. The molecule has 0 aliphatic rings. The van der Waals surface area contributed by atoms with Gasteiger partial charge in [0.05, 0.1) is 6.61 Å². The number of aromatic nitrogens is 2. The van der Waals surface area contributed by atoms with Crippen LogP contribution >= 0.6 is 0 Å². The normalized spacial score (nSPS) is 10.5. The third-order valence-corrected chi connectivity index (χ3v) is 2.06. The van der Waals surface area contributed by atoms with Gasteiger partial charge in [-0.25, -0.2) is 0 Å². The molecule has 0 saturated carbocycles. The van der Waals surface area contributed by atoms with E-state index in [9.17, 15) is 0 Å². The number of nitrogens with two attached hydrogens (primary N) is 1. The lowest BCUT2D eigenvalue weighted by molar-refractivity contribution is 0.282. The van der Waals surface area contributed by atoms with Crippen molar-refractivity contribution in [2.24, 2.45) is 0 Å². The van der Waals surface area contributed by atoms with Gasteiger partial charge < -0.3 is 15.3 Å². The molecule has 0 unspecified atom stereocenters. The minimum atomic E-state index is -0.109. The molecule has 2 rings (SSSR count). The van der Waals surface area contributed by atoms with Crippen LogP contribution in [0.15, 0.2) is 22.6 Å². The van der Waals surface area contributed by atoms with Crippen molar-refractivity contribution in [2.45, 2.75) is 13.5 Å². The topological polar surface area (TPSA) is 85.2 Å². The summed E-state index contributed by atoms with van der Waals surface area (Å²) in [5.41, 5.74) is 7.60. The van der Waals surface area contributed by atoms with Gasteiger partial charge in [-0.2, -0.15) is 0 Å². The van der Waals surface area contributed by atoms with Crippen molar-refractivity contribution in [2.75, 3.05) is 5.73 Å². The van der Waals surface area contributed by atoms with E-state index >= 15 is 0 Å². The van der Waals surface area contributed by atoms with Crippen LogP contribution in [0.1, 0.15) is 11.5 Å². The van der Waals surface area contributed by atoms with Gasteiger partial charge in [0.1, 0.15) is 0 Å². The van der Waals surface area contributed by atoms with Crippen molar-refractivity contribution in [1.82, 2.24) is 10.2 Å². The Balaban J connectivity index is 2.52. The van der Waals surface area contributed by atoms with E-state index in [1.165, 1.54) is 0 Å². The second-order valence-corrected chi connectivity index (χ2v) is 3.20. The molecule has 0 fully saturated rings. The maximum absolute atomic E-state index is 9.17. The lowest BCUT2D eigenvalue weighted by Gasteiger charge is -2.03. The van der Waals surface area contributed by atoms with Crippen molar-refractivity contribution in [3.8, 4) is 11.5 Å². The molecule has 78 valence electrons. The second kappa shape index (κ2) is 3.70. The Morgan fingerprint density at radius 3 is 2.80 bits per heavy atom. The van der Waals surface area contributed by atoms with E-state index in [-0.39, 0.29) is 6.61 Å². The average Bonchev–Trinajstić information content (AvgIpc) is 2.64. The Kier molecular flexibility index (Phi) is 2.39. The molecule has 0 atom stereocenters. The first-order chi connectivity index (χ1) is 7.20. The molecule has 0 spiro atoms.